The van der Waals surface area contributed by atoms with Crippen LogP contribution in [0.25, 0.3) is 0 Å². The molecule has 1 unspecified atom stereocenters. The van der Waals surface area contributed by atoms with Crippen LogP contribution in [0.3, 0.4) is 0 Å². The predicted molar refractivity (Wildman–Crippen MR) is 53.8 cm³/mol. The molecule has 0 aliphatic carbocycles. The van der Waals surface area contributed by atoms with Crippen molar-refractivity contribution in [2.24, 2.45) is 11.5 Å². The molecule has 0 bridgehead atoms. The molecule has 5 heteroatoms. The van der Waals surface area contributed by atoms with Crippen LogP contribution in [0.5, 0.6) is 5.75 Å². The van der Waals surface area contributed by atoms with Crippen molar-refractivity contribution in [3.05, 3.63) is 29.6 Å². The minimum absolute atomic E-state index is 0.163. The number of benzene rings is 1. The summed E-state index contributed by atoms with van der Waals surface area (Å²) in [7, 11) is 1.46. The zero-order valence-electron chi connectivity index (χ0n) is 8.37. The highest BCUT2D eigenvalue weighted by Crippen LogP contribution is 2.20. The van der Waals surface area contributed by atoms with Gasteiger partial charge in [-0.05, 0) is 23.8 Å². The maximum atomic E-state index is 12.9. The normalized spacial score (nSPS) is 12.2. The van der Waals surface area contributed by atoms with Crippen molar-refractivity contribution in [1.29, 1.82) is 0 Å². The Kier molecular flexibility index (Phi) is 3.62. The van der Waals surface area contributed by atoms with E-state index in [0.29, 0.717) is 11.3 Å². The zero-order chi connectivity index (χ0) is 11.4. The van der Waals surface area contributed by atoms with E-state index in [0.717, 1.165) is 0 Å². The van der Waals surface area contributed by atoms with Gasteiger partial charge in [-0.15, -0.1) is 0 Å². The summed E-state index contributed by atoms with van der Waals surface area (Å²) < 4.78 is 17.9. The Balaban J connectivity index is 2.91. The Morgan fingerprint density at radius 2 is 2.27 bits per heavy atom. The molecule has 0 aromatic heterocycles. The highest BCUT2D eigenvalue weighted by molar-refractivity contribution is 5.80. The topological polar surface area (TPSA) is 78.3 Å². The van der Waals surface area contributed by atoms with Gasteiger partial charge in [0.2, 0.25) is 5.91 Å². The van der Waals surface area contributed by atoms with Gasteiger partial charge in [0.1, 0.15) is 11.6 Å². The van der Waals surface area contributed by atoms with E-state index in [1.54, 1.807) is 0 Å². The van der Waals surface area contributed by atoms with E-state index in [1.807, 2.05) is 0 Å². The minimum atomic E-state index is -0.833. The molecule has 0 saturated heterocycles. The summed E-state index contributed by atoms with van der Waals surface area (Å²) in [6.45, 7) is 0. The van der Waals surface area contributed by atoms with Gasteiger partial charge in [0, 0.05) is 6.42 Å². The number of hydrogen-bond acceptors (Lipinski definition) is 3. The van der Waals surface area contributed by atoms with E-state index in [1.165, 1.54) is 25.3 Å². The molecule has 0 aliphatic rings. The second-order valence-electron chi connectivity index (χ2n) is 3.17. The lowest BCUT2D eigenvalue weighted by atomic mass is 10.1. The maximum absolute atomic E-state index is 12.9. The third-order valence-corrected chi connectivity index (χ3v) is 2.05. The van der Waals surface area contributed by atoms with Gasteiger partial charge >= 0.3 is 0 Å². The van der Waals surface area contributed by atoms with Gasteiger partial charge in [-0.25, -0.2) is 4.39 Å². The highest BCUT2D eigenvalue weighted by atomic mass is 19.1. The van der Waals surface area contributed by atoms with Crippen molar-refractivity contribution in [2.75, 3.05) is 7.11 Å². The van der Waals surface area contributed by atoms with Crippen molar-refractivity contribution in [3.63, 3.8) is 0 Å². The Bertz CT molecular complexity index is 368. The van der Waals surface area contributed by atoms with Crippen LogP contribution in [-0.4, -0.2) is 19.1 Å². The number of carbonyl (C=O) groups is 1. The summed E-state index contributed by atoms with van der Waals surface area (Å²) in [6.07, 6.45) is 0.163. The predicted octanol–water partition coefficient (Wildman–Crippen LogP) is 0.189. The highest BCUT2D eigenvalue weighted by Gasteiger charge is 2.13. The molecule has 1 atom stereocenters. The van der Waals surface area contributed by atoms with Crippen molar-refractivity contribution in [1.82, 2.24) is 0 Å². The quantitative estimate of drug-likeness (QED) is 0.747. The fourth-order valence-corrected chi connectivity index (χ4v) is 1.24. The number of amides is 1. The summed E-state index contributed by atoms with van der Waals surface area (Å²) in [5.41, 5.74) is 11.0. The van der Waals surface area contributed by atoms with Crippen LogP contribution in [0.1, 0.15) is 5.56 Å². The molecule has 1 rings (SSSR count). The second-order valence-corrected chi connectivity index (χ2v) is 3.17. The Morgan fingerprint density at radius 3 is 2.80 bits per heavy atom. The number of hydrogen-bond donors (Lipinski definition) is 2. The standard InChI is InChI=1S/C10H13FN2O2/c1-15-9-3-2-7(11)4-6(9)5-8(12)10(13)14/h2-4,8H,5,12H2,1H3,(H2,13,14). The van der Waals surface area contributed by atoms with E-state index in [-0.39, 0.29) is 6.42 Å². The van der Waals surface area contributed by atoms with Crippen molar-refractivity contribution < 1.29 is 13.9 Å². The van der Waals surface area contributed by atoms with E-state index in [2.05, 4.69) is 0 Å². The van der Waals surface area contributed by atoms with Crippen LogP contribution < -0.4 is 16.2 Å². The number of nitrogens with two attached hydrogens (primary N) is 2. The first-order valence-corrected chi connectivity index (χ1v) is 4.42. The SMILES string of the molecule is COc1ccc(F)cc1CC(N)C(N)=O. The number of ether oxygens (including phenoxy) is 1. The molecule has 0 spiro atoms. The Labute approximate surface area is 87.0 Å². The van der Waals surface area contributed by atoms with E-state index >= 15 is 0 Å². The van der Waals surface area contributed by atoms with Gasteiger partial charge in [0.05, 0.1) is 13.2 Å². The second kappa shape index (κ2) is 4.75. The van der Waals surface area contributed by atoms with Gasteiger partial charge < -0.3 is 16.2 Å². The Morgan fingerprint density at radius 1 is 1.60 bits per heavy atom. The lowest BCUT2D eigenvalue weighted by Gasteiger charge is -2.11. The molecule has 0 saturated carbocycles. The maximum Gasteiger partial charge on any atom is 0.234 e. The lowest BCUT2D eigenvalue weighted by molar-refractivity contribution is -0.119. The smallest absolute Gasteiger partial charge is 0.234 e. The molecule has 1 aromatic rings. The summed E-state index contributed by atoms with van der Waals surface area (Å²) >= 11 is 0. The molecule has 4 nitrogen and oxygen atoms in total. The third kappa shape index (κ3) is 2.92. The largest absolute Gasteiger partial charge is 0.496 e. The molecule has 82 valence electrons. The van der Waals surface area contributed by atoms with Crippen molar-refractivity contribution in [2.45, 2.75) is 12.5 Å². The summed E-state index contributed by atoms with van der Waals surface area (Å²) in [5, 5.41) is 0. The molecule has 0 heterocycles. The minimum Gasteiger partial charge on any atom is -0.496 e. The van der Waals surface area contributed by atoms with Gasteiger partial charge in [0.25, 0.3) is 0 Å². The number of rotatable bonds is 4. The molecule has 0 aliphatic heterocycles. The number of methoxy groups -OCH3 is 1. The first kappa shape index (κ1) is 11.5. The number of primary amides is 1. The van der Waals surface area contributed by atoms with Crippen LogP contribution in [0.15, 0.2) is 18.2 Å². The molecule has 0 radical (unpaired) electrons. The summed E-state index contributed by atoms with van der Waals surface area (Å²) in [5.74, 6) is -0.531. The van der Waals surface area contributed by atoms with Crippen LogP contribution in [0, 0.1) is 5.82 Å². The molecule has 4 N–H and O–H groups in total. The Hall–Kier alpha value is -1.62. The van der Waals surface area contributed by atoms with E-state index in [9.17, 15) is 9.18 Å². The van der Waals surface area contributed by atoms with Crippen molar-refractivity contribution in [3.8, 4) is 5.75 Å². The molecule has 1 aromatic carbocycles. The van der Waals surface area contributed by atoms with Gasteiger partial charge in [-0.2, -0.15) is 0 Å². The number of carbonyl (C=O) groups excluding carboxylic acids is 1. The summed E-state index contributed by atoms with van der Waals surface area (Å²) in [6, 6.07) is 3.21. The monoisotopic (exact) mass is 212 g/mol. The average molecular weight is 212 g/mol. The molecular formula is C10H13FN2O2. The van der Waals surface area contributed by atoms with Crippen molar-refractivity contribution >= 4 is 5.91 Å². The van der Waals surface area contributed by atoms with Crippen LogP contribution in [0.2, 0.25) is 0 Å². The molecule has 0 fully saturated rings. The fourth-order valence-electron chi connectivity index (χ4n) is 1.24. The summed E-state index contributed by atoms with van der Waals surface area (Å²) in [4.78, 5) is 10.8. The first-order chi connectivity index (χ1) is 7.04. The van der Waals surface area contributed by atoms with Crippen LogP contribution >= 0.6 is 0 Å². The van der Waals surface area contributed by atoms with Crippen LogP contribution in [-0.2, 0) is 11.2 Å². The van der Waals surface area contributed by atoms with Gasteiger partial charge in [0.15, 0.2) is 0 Å². The molecule has 1 amide bonds. The van der Waals surface area contributed by atoms with E-state index in [4.69, 9.17) is 16.2 Å². The van der Waals surface area contributed by atoms with E-state index < -0.39 is 17.8 Å². The third-order valence-electron chi connectivity index (χ3n) is 2.05. The molecule has 15 heavy (non-hydrogen) atoms. The average Bonchev–Trinajstić information content (AvgIpc) is 2.18. The van der Waals surface area contributed by atoms with Crippen LogP contribution in [0.4, 0.5) is 4.39 Å². The lowest BCUT2D eigenvalue weighted by Crippen LogP contribution is -2.38. The fraction of sp³-hybridized carbons (Fsp3) is 0.300. The zero-order valence-corrected chi connectivity index (χ0v) is 8.37. The van der Waals surface area contributed by atoms with Gasteiger partial charge in [-0.1, -0.05) is 0 Å². The first-order valence-electron chi connectivity index (χ1n) is 4.42. The number of halogens is 1. The van der Waals surface area contributed by atoms with Gasteiger partial charge in [-0.3, -0.25) is 4.79 Å². The molecular weight excluding hydrogens is 199 g/mol.